The van der Waals surface area contributed by atoms with E-state index in [4.69, 9.17) is 5.73 Å². The molecule has 0 aromatic heterocycles. The summed E-state index contributed by atoms with van der Waals surface area (Å²) in [6, 6.07) is 26.6. The Bertz CT molecular complexity index is 965. The monoisotopic (exact) mass is 417 g/mol. The summed E-state index contributed by atoms with van der Waals surface area (Å²) < 4.78 is -0.526. The van der Waals surface area contributed by atoms with Crippen LogP contribution in [0.1, 0.15) is 40.7 Å². The molecule has 0 heterocycles. The lowest BCUT2D eigenvalue weighted by Crippen LogP contribution is -2.36. The van der Waals surface area contributed by atoms with Gasteiger partial charge in [0.05, 0.1) is 4.75 Å². The van der Waals surface area contributed by atoms with Gasteiger partial charge in [-0.05, 0) is 53.5 Å². The molecule has 1 aliphatic carbocycles. The number of hydrogen-bond acceptors (Lipinski definition) is 3. The maximum Gasteiger partial charge on any atom is 0.321 e. The zero-order chi connectivity index (χ0) is 21.0. The molecule has 0 saturated carbocycles. The Balaban J connectivity index is 1.91. The molecule has 0 radical (unpaired) electrons. The van der Waals surface area contributed by atoms with Crippen molar-refractivity contribution in [3.8, 4) is 0 Å². The van der Waals surface area contributed by atoms with Crippen LogP contribution < -0.4 is 5.73 Å². The minimum atomic E-state index is -0.969. The molecule has 0 bridgehead atoms. The molecule has 0 unspecified atom stereocenters. The number of benzene rings is 3. The van der Waals surface area contributed by atoms with Crippen molar-refractivity contribution in [2.45, 2.75) is 36.5 Å². The van der Waals surface area contributed by atoms with Crippen molar-refractivity contribution < 1.29 is 9.90 Å². The van der Waals surface area contributed by atoms with Gasteiger partial charge in [0.25, 0.3) is 0 Å². The number of aliphatic carboxylic acids is 1. The largest absolute Gasteiger partial charge is 0.480 e. The summed E-state index contributed by atoms with van der Waals surface area (Å²) in [5.74, 6) is -0.654. The van der Waals surface area contributed by atoms with Gasteiger partial charge in [-0.1, -0.05) is 78.9 Å². The van der Waals surface area contributed by atoms with Gasteiger partial charge in [0.2, 0.25) is 0 Å². The number of aryl methyl sites for hydroxylation is 2. The van der Waals surface area contributed by atoms with E-state index in [9.17, 15) is 9.90 Å². The first-order chi connectivity index (χ1) is 14.6. The third-order valence-corrected chi connectivity index (χ3v) is 7.58. The van der Waals surface area contributed by atoms with Gasteiger partial charge in [-0.3, -0.25) is 4.79 Å². The van der Waals surface area contributed by atoms with E-state index < -0.39 is 16.8 Å². The third-order valence-electron chi connectivity index (χ3n) is 5.91. The van der Waals surface area contributed by atoms with Gasteiger partial charge in [0.15, 0.2) is 0 Å². The fourth-order valence-corrected chi connectivity index (χ4v) is 5.81. The Morgan fingerprint density at radius 3 is 2.00 bits per heavy atom. The number of carboxylic acid groups (broad SMARTS) is 1. The molecule has 0 amide bonds. The first kappa shape index (κ1) is 20.7. The van der Waals surface area contributed by atoms with Gasteiger partial charge in [-0.2, -0.15) is 0 Å². The van der Waals surface area contributed by atoms with E-state index in [0.717, 1.165) is 24.0 Å². The minimum absolute atomic E-state index is 0.316. The topological polar surface area (TPSA) is 63.3 Å². The second-order valence-corrected chi connectivity index (χ2v) is 9.09. The number of nitrogens with two attached hydrogens (primary N) is 1. The van der Waals surface area contributed by atoms with Crippen LogP contribution in [0.3, 0.4) is 0 Å². The number of thioether (sulfide) groups is 1. The highest BCUT2D eigenvalue weighted by atomic mass is 32.2. The predicted octanol–water partition coefficient (Wildman–Crippen LogP) is 5.00. The summed E-state index contributed by atoms with van der Waals surface area (Å²) in [4.78, 5) is 11.5. The number of rotatable bonds is 7. The van der Waals surface area contributed by atoms with E-state index >= 15 is 0 Å². The number of carbonyl (C=O) groups is 1. The summed E-state index contributed by atoms with van der Waals surface area (Å²) in [5, 5.41) is 9.41. The molecule has 3 nitrogen and oxygen atoms in total. The maximum atomic E-state index is 11.5. The van der Waals surface area contributed by atoms with Crippen molar-refractivity contribution in [2.24, 2.45) is 5.73 Å². The first-order valence-electron chi connectivity index (χ1n) is 10.5. The standard InChI is InChI=1S/C26H27NO2S/c27-24(25(28)29)18-30-26(21-11-3-1-4-12-21,22-13-5-2-6-14-22)23-16-15-19-9-7-8-10-20(19)17-23/h1-6,11-17,24H,7-10,18,27H2,(H,28,29)/t24-/m0/s1. The predicted molar refractivity (Wildman–Crippen MR) is 124 cm³/mol. The molecule has 3 N–H and O–H groups in total. The summed E-state index contributed by atoms with van der Waals surface area (Å²) in [6.45, 7) is 0. The molecule has 4 rings (SSSR count). The smallest absolute Gasteiger partial charge is 0.321 e. The second kappa shape index (κ2) is 9.07. The van der Waals surface area contributed by atoms with Crippen LogP contribution in [0.2, 0.25) is 0 Å². The summed E-state index contributed by atoms with van der Waals surface area (Å²) >= 11 is 1.61. The zero-order valence-corrected chi connectivity index (χ0v) is 17.8. The molecule has 154 valence electrons. The van der Waals surface area contributed by atoms with Crippen LogP contribution in [-0.2, 0) is 22.4 Å². The average Bonchev–Trinajstić information content (AvgIpc) is 2.80. The van der Waals surface area contributed by atoms with Crippen molar-refractivity contribution in [2.75, 3.05) is 5.75 Å². The molecule has 4 heteroatoms. The molecule has 3 aromatic carbocycles. The zero-order valence-electron chi connectivity index (χ0n) is 17.0. The fraction of sp³-hybridized carbons (Fsp3) is 0.269. The molecule has 1 aliphatic rings. The van der Waals surface area contributed by atoms with Crippen LogP contribution >= 0.6 is 11.8 Å². The number of carboxylic acids is 1. The normalized spacial score (nSPS) is 14.7. The lowest BCUT2D eigenvalue weighted by molar-refractivity contribution is -0.137. The van der Waals surface area contributed by atoms with E-state index in [1.807, 2.05) is 36.4 Å². The van der Waals surface area contributed by atoms with Gasteiger partial charge in [0, 0.05) is 5.75 Å². The average molecular weight is 418 g/mol. The molecule has 3 aromatic rings. The molecule has 1 atom stereocenters. The Hall–Kier alpha value is -2.56. The van der Waals surface area contributed by atoms with E-state index in [1.54, 1.807) is 11.8 Å². The summed E-state index contributed by atoms with van der Waals surface area (Å²) in [6.07, 6.45) is 4.70. The Kier molecular flexibility index (Phi) is 6.26. The SMILES string of the molecule is N[C@@H](CSC(c1ccccc1)(c1ccccc1)c1ccc2c(c1)CCCC2)C(=O)O. The van der Waals surface area contributed by atoms with Gasteiger partial charge in [0.1, 0.15) is 6.04 Å². The quantitative estimate of drug-likeness (QED) is 0.531. The van der Waals surface area contributed by atoms with Gasteiger partial charge in [-0.15, -0.1) is 11.8 Å². The molecule has 30 heavy (non-hydrogen) atoms. The van der Waals surface area contributed by atoms with E-state index in [2.05, 4.69) is 42.5 Å². The van der Waals surface area contributed by atoms with Crippen molar-refractivity contribution in [3.63, 3.8) is 0 Å². The van der Waals surface area contributed by atoms with Gasteiger partial charge in [-0.25, -0.2) is 0 Å². The van der Waals surface area contributed by atoms with Gasteiger partial charge >= 0.3 is 5.97 Å². The molecule has 0 aliphatic heterocycles. The fourth-order valence-electron chi connectivity index (χ4n) is 4.33. The maximum absolute atomic E-state index is 11.5. The Morgan fingerprint density at radius 1 is 0.867 bits per heavy atom. The highest BCUT2D eigenvalue weighted by molar-refractivity contribution is 8.00. The van der Waals surface area contributed by atoms with Crippen molar-refractivity contribution in [3.05, 3.63) is 107 Å². The highest BCUT2D eigenvalue weighted by Crippen LogP contribution is 2.49. The van der Waals surface area contributed by atoms with Crippen LogP contribution in [0.4, 0.5) is 0 Å². The third kappa shape index (κ3) is 4.03. The van der Waals surface area contributed by atoms with E-state index in [1.165, 1.54) is 29.5 Å². The number of hydrogen-bond donors (Lipinski definition) is 2. The van der Waals surface area contributed by atoms with Crippen LogP contribution in [0.5, 0.6) is 0 Å². The van der Waals surface area contributed by atoms with E-state index in [0.29, 0.717) is 5.75 Å². The Morgan fingerprint density at radius 2 is 1.43 bits per heavy atom. The first-order valence-corrected chi connectivity index (χ1v) is 11.5. The van der Waals surface area contributed by atoms with Crippen LogP contribution in [0.25, 0.3) is 0 Å². The lowest BCUT2D eigenvalue weighted by atomic mass is 9.81. The molecule has 0 spiro atoms. The van der Waals surface area contributed by atoms with Crippen molar-refractivity contribution in [1.82, 2.24) is 0 Å². The van der Waals surface area contributed by atoms with Gasteiger partial charge < -0.3 is 10.8 Å². The minimum Gasteiger partial charge on any atom is -0.480 e. The van der Waals surface area contributed by atoms with Crippen molar-refractivity contribution >= 4 is 17.7 Å². The van der Waals surface area contributed by atoms with Crippen LogP contribution in [0, 0.1) is 0 Å². The second-order valence-electron chi connectivity index (χ2n) is 7.86. The Labute approximate surface area is 182 Å². The number of fused-ring (bicyclic) bond motifs is 1. The highest BCUT2D eigenvalue weighted by Gasteiger charge is 2.38. The molecular weight excluding hydrogens is 390 g/mol. The molecular formula is C26H27NO2S. The van der Waals surface area contributed by atoms with Crippen LogP contribution in [-0.4, -0.2) is 22.9 Å². The lowest BCUT2D eigenvalue weighted by Gasteiger charge is -2.36. The van der Waals surface area contributed by atoms with Crippen molar-refractivity contribution in [1.29, 1.82) is 0 Å². The van der Waals surface area contributed by atoms with Crippen LogP contribution in [0.15, 0.2) is 78.9 Å². The summed E-state index contributed by atoms with van der Waals surface area (Å²) in [5.41, 5.74) is 12.3. The molecule has 0 fully saturated rings. The summed E-state index contributed by atoms with van der Waals surface area (Å²) in [7, 11) is 0. The van der Waals surface area contributed by atoms with E-state index in [-0.39, 0.29) is 0 Å². The molecule has 0 saturated heterocycles.